The quantitative estimate of drug-likeness (QED) is 0.744. The van der Waals surface area contributed by atoms with E-state index in [2.05, 4.69) is 40.2 Å². The number of aliphatic imine (C=N–C) groups is 1. The summed E-state index contributed by atoms with van der Waals surface area (Å²) in [5, 5.41) is 8.21. The zero-order chi connectivity index (χ0) is 16.5. The molecule has 2 aromatic heterocycles. The summed E-state index contributed by atoms with van der Waals surface area (Å²) in [5.41, 5.74) is 3.77. The van der Waals surface area contributed by atoms with Crippen LogP contribution < -0.4 is 4.90 Å². The number of hydrogen-bond acceptors (Lipinski definition) is 5. The summed E-state index contributed by atoms with van der Waals surface area (Å²) >= 11 is 0. The van der Waals surface area contributed by atoms with E-state index in [-0.39, 0.29) is 0 Å². The first kappa shape index (κ1) is 14.6. The second kappa shape index (κ2) is 5.88. The topological polar surface area (TPSA) is 59.2 Å². The molecule has 3 heterocycles. The van der Waals surface area contributed by atoms with Crippen LogP contribution in [0.2, 0.25) is 0 Å². The lowest BCUT2D eigenvalue weighted by molar-refractivity contribution is 0.867. The first-order chi connectivity index (χ1) is 11.8. The molecule has 24 heavy (non-hydrogen) atoms. The Morgan fingerprint density at radius 1 is 1.12 bits per heavy atom. The molecule has 0 spiro atoms. The maximum absolute atomic E-state index is 4.90. The van der Waals surface area contributed by atoms with Crippen molar-refractivity contribution in [1.29, 1.82) is 0 Å². The van der Waals surface area contributed by atoms with E-state index >= 15 is 0 Å². The van der Waals surface area contributed by atoms with Crippen molar-refractivity contribution < 1.29 is 0 Å². The molecule has 120 valence electrons. The molecule has 0 amide bonds. The summed E-state index contributed by atoms with van der Waals surface area (Å²) in [6.45, 7) is 3.48. The van der Waals surface area contributed by atoms with E-state index in [4.69, 9.17) is 9.98 Å². The number of nitrogens with zero attached hydrogens (tertiary/aromatic N) is 6. The summed E-state index contributed by atoms with van der Waals surface area (Å²) in [5.74, 6) is 1.75. The second-order valence-corrected chi connectivity index (χ2v) is 5.70. The van der Waals surface area contributed by atoms with Crippen LogP contribution in [0.5, 0.6) is 0 Å². The third kappa shape index (κ3) is 2.36. The van der Waals surface area contributed by atoms with Gasteiger partial charge in [0.25, 0.3) is 0 Å². The van der Waals surface area contributed by atoms with Gasteiger partial charge in [0.15, 0.2) is 5.82 Å². The number of hydrogen-bond donors (Lipinski definition) is 0. The minimum Gasteiger partial charge on any atom is -0.360 e. The largest absolute Gasteiger partial charge is 0.360 e. The minimum atomic E-state index is 0.486. The Hall–Kier alpha value is -3.02. The van der Waals surface area contributed by atoms with Crippen LogP contribution in [-0.4, -0.2) is 39.1 Å². The fraction of sp³-hybridized carbons (Fsp3) is 0.222. The number of aromatic nitrogens is 4. The van der Waals surface area contributed by atoms with Crippen LogP contribution >= 0.6 is 0 Å². The predicted octanol–water partition coefficient (Wildman–Crippen LogP) is 2.47. The first-order valence-corrected chi connectivity index (χ1v) is 7.99. The molecule has 0 radical (unpaired) electrons. The monoisotopic (exact) mass is 318 g/mol. The highest BCUT2D eigenvalue weighted by atomic mass is 15.3. The van der Waals surface area contributed by atoms with Gasteiger partial charge in [0.05, 0.1) is 11.4 Å². The molecule has 0 atom stereocenters. The number of fused-ring (bicyclic) bond motifs is 3. The molecular weight excluding hydrogens is 300 g/mol. The number of benzene rings is 1. The zero-order valence-electron chi connectivity index (χ0n) is 13.7. The third-order valence-corrected chi connectivity index (χ3v) is 4.25. The van der Waals surface area contributed by atoms with Gasteiger partial charge in [-0.15, -0.1) is 10.2 Å². The van der Waals surface area contributed by atoms with Crippen molar-refractivity contribution in [2.24, 2.45) is 4.99 Å². The van der Waals surface area contributed by atoms with E-state index in [1.165, 1.54) is 0 Å². The van der Waals surface area contributed by atoms with Gasteiger partial charge in [0.2, 0.25) is 0 Å². The number of anilines is 1. The average Bonchev–Trinajstić information content (AvgIpc) is 3.04. The van der Waals surface area contributed by atoms with Crippen molar-refractivity contribution in [2.75, 3.05) is 18.5 Å². The molecule has 0 N–H and O–H groups in total. The van der Waals surface area contributed by atoms with Gasteiger partial charge in [-0.05, 0) is 19.1 Å². The first-order valence-electron chi connectivity index (χ1n) is 7.99. The predicted molar refractivity (Wildman–Crippen MR) is 93.9 cm³/mol. The van der Waals surface area contributed by atoms with Gasteiger partial charge in [-0.1, -0.05) is 30.3 Å². The summed E-state index contributed by atoms with van der Waals surface area (Å²) < 4.78 is 1.97. The van der Waals surface area contributed by atoms with Gasteiger partial charge in [-0.3, -0.25) is 9.56 Å². The summed E-state index contributed by atoms with van der Waals surface area (Å²) in [4.78, 5) is 11.8. The van der Waals surface area contributed by atoms with Crippen LogP contribution in [0.3, 0.4) is 0 Å². The van der Waals surface area contributed by atoms with Gasteiger partial charge < -0.3 is 4.90 Å². The van der Waals surface area contributed by atoms with Crippen molar-refractivity contribution in [3.63, 3.8) is 0 Å². The van der Waals surface area contributed by atoms with E-state index in [0.717, 1.165) is 40.8 Å². The maximum atomic E-state index is 4.90. The van der Waals surface area contributed by atoms with Gasteiger partial charge in [0, 0.05) is 19.2 Å². The highest BCUT2D eigenvalue weighted by Crippen LogP contribution is 2.25. The fourth-order valence-corrected chi connectivity index (χ4v) is 2.80. The Kier molecular flexibility index (Phi) is 3.57. The summed E-state index contributed by atoms with van der Waals surface area (Å²) in [6.07, 6.45) is 1.72. The molecule has 0 saturated heterocycles. The Morgan fingerprint density at radius 3 is 2.75 bits per heavy atom. The van der Waals surface area contributed by atoms with Crippen molar-refractivity contribution in [3.8, 4) is 5.69 Å². The van der Waals surface area contributed by atoms with Crippen LogP contribution in [0.4, 0.5) is 5.82 Å². The SMILES string of the molecule is CCN(C)c1ccc2c(n1)C(c1ccccc1)=NCc1nncn1-2. The molecule has 1 aromatic carbocycles. The summed E-state index contributed by atoms with van der Waals surface area (Å²) in [7, 11) is 2.04. The van der Waals surface area contributed by atoms with Crippen molar-refractivity contribution in [1.82, 2.24) is 19.7 Å². The van der Waals surface area contributed by atoms with E-state index in [1.54, 1.807) is 6.33 Å². The number of rotatable bonds is 3. The molecule has 6 nitrogen and oxygen atoms in total. The molecule has 4 rings (SSSR count). The molecule has 0 aliphatic carbocycles. The van der Waals surface area contributed by atoms with Crippen molar-refractivity contribution >= 4 is 11.5 Å². The minimum absolute atomic E-state index is 0.486. The Morgan fingerprint density at radius 2 is 1.96 bits per heavy atom. The normalized spacial score (nSPS) is 12.8. The van der Waals surface area contributed by atoms with Crippen LogP contribution in [0, 0.1) is 0 Å². The van der Waals surface area contributed by atoms with Crippen LogP contribution in [0.15, 0.2) is 53.8 Å². The van der Waals surface area contributed by atoms with E-state index < -0.39 is 0 Å². The lowest BCUT2D eigenvalue weighted by atomic mass is 10.1. The second-order valence-electron chi connectivity index (χ2n) is 5.70. The van der Waals surface area contributed by atoms with Crippen LogP contribution in [0.25, 0.3) is 5.69 Å². The highest BCUT2D eigenvalue weighted by molar-refractivity contribution is 6.14. The molecule has 0 saturated carbocycles. The third-order valence-electron chi connectivity index (χ3n) is 4.25. The van der Waals surface area contributed by atoms with E-state index in [9.17, 15) is 0 Å². The van der Waals surface area contributed by atoms with Crippen molar-refractivity contribution in [3.05, 3.63) is 65.9 Å². The molecule has 0 bridgehead atoms. The average molecular weight is 318 g/mol. The molecule has 6 heteroatoms. The smallest absolute Gasteiger partial charge is 0.159 e. The Balaban J connectivity index is 1.95. The zero-order valence-corrected chi connectivity index (χ0v) is 13.7. The number of pyridine rings is 1. The maximum Gasteiger partial charge on any atom is 0.159 e. The van der Waals surface area contributed by atoms with Gasteiger partial charge in [-0.25, -0.2) is 4.98 Å². The lowest BCUT2D eigenvalue weighted by Crippen LogP contribution is -2.19. The highest BCUT2D eigenvalue weighted by Gasteiger charge is 2.21. The van der Waals surface area contributed by atoms with E-state index in [0.29, 0.717) is 6.54 Å². The summed E-state index contributed by atoms with van der Waals surface area (Å²) in [6, 6.07) is 14.3. The van der Waals surface area contributed by atoms with Crippen LogP contribution in [-0.2, 0) is 6.54 Å². The van der Waals surface area contributed by atoms with Gasteiger partial charge >= 0.3 is 0 Å². The van der Waals surface area contributed by atoms with Gasteiger partial charge in [0.1, 0.15) is 24.4 Å². The lowest BCUT2D eigenvalue weighted by Gasteiger charge is -2.18. The Bertz CT molecular complexity index is 897. The molecule has 0 unspecified atom stereocenters. The standard InChI is InChI=1S/C18H18N6/c1-3-23(2)15-10-9-14-18(21-15)17(13-7-5-4-6-8-13)19-11-16-22-20-12-24(14)16/h4-10,12H,3,11H2,1-2H3. The molecule has 0 fully saturated rings. The molecule has 3 aromatic rings. The molecular formula is C18H18N6. The fourth-order valence-electron chi connectivity index (χ4n) is 2.80. The van der Waals surface area contributed by atoms with Crippen LogP contribution in [0.1, 0.15) is 24.0 Å². The molecule has 1 aliphatic rings. The van der Waals surface area contributed by atoms with Gasteiger partial charge in [-0.2, -0.15) is 0 Å². The Labute approximate surface area is 140 Å². The van der Waals surface area contributed by atoms with E-state index in [1.807, 2.05) is 35.9 Å². The van der Waals surface area contributed by atoms with Crippen molar-refractivity contribution in [2.45, 2.75) is 13.5 Å². The molecule has 1 aliphatic heterocycles.